The fourth-order valence-electron chi connectivity index (χ4n) is 3.71. The van der Waals surface area contributed by atoms with Crippen molar-refractivity contribution in [3.63, 3.8) is 0 Å². The molecule has 0 atom stereocenters. The number of carbonyl (C=O) groups is 1. The zero-order chi connectivity index (χ0) is 23.2. The molecule has 8 heteroatoms. The Morgan fingerprint density at radius 3 is 2.16 bits per heavy atom. The number of nitrogens with zero attached hydrogens (tertiary/aromatic N) is 1. The van der Waals surface area contributed by atoms with Gasteiger partial charge in [0.25, 0.3) is 15.9 Å². The molecular formula is C24H21NO5S2. The Kier molecular flexibility index (Phi) is 5.52. The third-order valence-corrected chi connectivity index (χ3v) is 8.32. The molecule has 1 heterocycles. The Morgan fingerprint density at radius 1 is 0.906 bits per heavy atom. The fraction of sp³-hybridized carbons (Fsp3) is 0.167. The van der Waals surface area contributed by atoms with Crippen molar-refractivity contribution in [1.29, 1.82) is 0 Å². The topological polar surface area (TPSA) is 84.7 Å². The largest absolute Gasteiger partial charge is 0.414 e. The van der Waals surface area contributed by atoms with Gasteiger partial charge >= 0.3 is 4.94 Å². The summed E-state index contributed by atoms with van der Waals surface area (Å²) in [6.07, 6.45) is 0. The van der Waals surface area contributed by atoms with Crippen molar-refractivity contribution in [2.45, 2.75) is 32.6 Å². The van der Waals surface area contributed by atoms with Crippen LogP contribution in [0, 0.1) is 27.7 Å². The second-order valence-corrected chi connectivity index (χ2v) is 10.3. The lowest BCUT2D eigenvalue weighted by Crippen LogP contribution is -2.38. The number of rotatable bonds is 4. The molecule has 0 aliphatic heterocycles. The van der Waals surface area contributed by atoms with Crippen LogP contribution in [0.2, 0.25) is 0 Å². The molecule has 4 aromatic rings. The third kappa shape index (κ3) is 3.65. The Hall–Kier alpha value is -3.23. The van der Waals surface area contributed by atoms with E-state index in [2.05, 4.69) is 0 Å². The standard InChI is InChI=1S/C24H21NO5S2/c1-14-12-15(2)17(4)22(16(14)3)32(28,29)25(23(26)18-8-6-5-7-9-18)19-10-11-20-21(13-19)31-24(27)30-20/h5-13H,1-4H3. The van der Waals surface area contributed by atoms with Crippen LogP contribution < -0.4 is 9.24 Å². The van der Waals surface area contributed by atoms with Crippen molar-refractivity contribution in [2.24, 2.45) is 0 Å². The first-order valence-corrected chi connectivity index (χ1v) is 12.1. The van der Waals surface area contributed by atoms with Gasteiger partial charge in [-0.25, -0.2) is 13.2 Å². The van der Waals surface area contributed by atoms with E-state index in [1.54, 1.807) is 44.2 Å². The SMILES string of the molecule is Cc1cc(C)c(C)c(S(=O)(=O)N(C(=O)c2ccccc2)c2ccc3oc(=O)sc3c2)c1C. The summed E-state index contributed by atoms with van der Waals surface area (Å²) in [5, 5.41) is 0. The minimum Gasteiger partial charge on any atom is -0.414 e. The first kappa shape index (κ1) is 22.0. The summed E-state index contributed by atoms with van der Waals surface area (Å²) >= 11 is 0.854. The molecule has 0 spiro atoms. The molecule has 0 aliphatic rings. The van der Waals surface area contributed by atoms with E-state index >= 15 is 0 Å². The average Bonchev–Trinajstić information content (AvgIpc) is 3.12. The Morgan fingerprint density at radius 2 is 1.53 bits per heavy atom. The van der Waals surface area contributed by atoms with Gasteiger partial charge in [0.05, 0.1) is 15.3 Å². The van der Waals surface area contributed by atoms with Crippen molar-refractivity contribution in [1.82, 2.24) is 0 Å². The summed E-state index contributed by atoms with van der Waals surface area (Å²) in [4.78, 5) is 24.8. The van der Waals surface area contributed by atoms with Crippen LogP contribution in [-0.4, -0.2) is 14.3 Å². The van der Waals surface area contributed by atoms with Gasteiger partial charge in [0.15, 0.2) is 0 Å². The van der Waals surface area contributed by atoms with Crippen LogP contribution in [0.5, 0.6) is 0 Å². The predicted octanol–water partition coefficient (Wildman–Crippen LogP) is 5.12. The molecule has 0 N–H and O–H groups in total. The van der Waals surface area contributed by atoms with Crippen molar-refractivity contribution in [2.75, 3.05) is 4.31 Å². The molecule has 1 aromatic heterocycles. The summed E-state index contributed by atoms with van der Waals surface area (Å²) in [6, 6.07) is 14.7. The van der Waals surface area contributed by atoms with E-state index in [-0.39, 0.29) is 16.1 Å². The van der Waals surface area contributed by atoms with E-state index < -0.39 is 20.9 Å². The number of anilines is 1. The maximum absolute atomic E-state index is 14.1. The summed E-state index contributed by atoms with van der Waals surface area (Å²) in [7, 11) is -4.29. The molecule has 0 fully saturated rings. The first-order chi connectivity index (χ1) is 15.1. The lowest BCUT2D eigenvalue weighted by atomic mass is 10.0. The minimum atomic E-state index is -4.29. The summed E-state index contributed by atoms with van der Waals surface area (Å²) in [5.41, 5.74) is 3.54. The van der Waals surface area contributed by atoms with E-state index in [1.807, 2.05) is 19.9 Å². The van der Waals surface area contributed by atoms with Gasteiger partial charge in [0.2, 0.25) is 0 Å². The van der Waals surface area contributed by atoms with Crippen LogP contribution in [0.25, 0.3) is 10.3 Å². The van der Waals surface area contributed by atoms with E-state index in [4.69, 9.17) is 4.42 Å². The first-order valence-electron chi connectivity index (χ1n) is 9.87. The van der Waals surface area contributed by atoms with E-state index in [9.17, 15) is 18.0 Å². The molecular weight excluding hydrogens is 446 g/mol. The highest BCUT2D eigenvalue weighted by Crippen LogP contribution is 2.34. The minimum absolute atomic E-state index is 0.111. The third-order valence-electron chi connectivity index (χ3n) is 5.55. The van der Waals surface area contributed by atoms with Gasteiger partial charge in [-0.1, -0.05) is 35.6 Å². The highest BCUT2D eigenvalue weighted by atomic mass is 32.2. The quantitative estimate of drug-likeness (QED) is 0.416. The Labute approximate surface area is 189 Å². The Bertz CT molecular complexity index is 1490. The van der Waals surface area contributed by atoms with Gasteiger partial charge < -0.3 is 4.42 Å². The monoisotopic (exact) mass is 467 g/mol. The number of fused-ring (bicyclic) bond motifs is 1. The maximum atomic E-state index is 14.1. The molecule has 0 saturated carbocycles. The van der Waals surface area contributed by atoms with Crippen LogP contribution >= 0.6 is 11.3 Å². The highest BCUT2D eigenvalue weighted by molar-refractivity contribution is 7.93. The van der Waals surface area contributed by atoms with E-state index in [0.717, 1.165) is 26.8 Å². The van der Waals surface area contributed by atoms with Gasteiger partial charge in [0, 0.05) is 5.56 Å². The molecule has 0 saturated heterocycles. The smallest absolute Gasteiger partial charge is 0.396 e. The number of aryl methyl sites for hydroxylation is 2. The highest BCUT2D eigenvalue weighted by Gasteiger charge is 2.35. The molecule has 0 aliphatic carbocycles. The predicted molar refractivity (Wildman–Crippen MR) is 126 cm³/mol. The molecule has 164 valence electrons. The molecule has 32 heavy (non-hydrogen) atoms. The summed E-state index contributed by atoms with van der Waals surface area (Å²) < 4.78 is 34.5. The number of amides is 1. The van der Waals surface area contributed by atoms with Crippen LogP contribution in [0.1, 0.15) is 32.6 Å². The van der Waals surface area contributed by atoms with Crippen LogP contribution in [0.3, 0.4) is 0 Å². The number of hydrogen-bond acceptors (Lipinski definition) is 6. The lowest BCUT2D eigenvalue weighted by Gasteiger charge is -2.26. The lowest BCUT2D eigenvalue weighted by molar-refractivity contribution is 0.101. The van der Waals surface area contributed by atoms with Gasteiger partial charge in [-0.05, 0) is 80.3 Å². The van der Waals surface area contributed by atoms with Crippen molar-refractivity contribution < 1.29 is 17.6 Å². The molecule has 3 aromatic carbocycles. The van der Waals surface area contributed by atoms with Gasteiger partial charge in [-0.3, -0.25) is 4.79 Å². The summed E-state index contributed by atoms with van der Waals surface area (Å²) in [5.74, 6) is -0.682. The van der Waals surface area contributed by atoms with Gasteiger partial charge in [-0.2, -0.15) is 4.31 Å². The molecule has 4 rings (SSSR count). The molecule has 6 nitrogen and oxygen atoms in total. The van der Waals surface area contributed by atoms with Crippen LogP contribution in [0.15, 0.2) is 68.7 Å². The van der Waals surface area contributed by atoms with Crippen LogP contribution in [-0.2, 0) is 10.0 Å². The molecule has 0 bridgehead atoms. The normalized spacial score (nSPS) is 11.6. The maximum Gasteiger partial charge on any atom is 0.396 e. The second kappa shape index (κ2) is 8.03. The van der Waals surface area contributed by atoms with Crippen molar-refractivity contribution in [3.05, 3.63) is 92.1 Å². The second-order valence-electron chi connectivity index (χ2n) is 7.62. The van der Waals surface area contributed by atoms with Crippen LogP contribution in [0.4, 0.5) is 5.69 Å². The average molecular weight is 468 g/mol. The fourth-order valence-corrected chi connectivity index (χ4v) is 6.40. The number of hydrogen-bond donors (Lipinski definition) is 0. The number of carbonyl (C=O) groups excluding carboxylic acids is 1. The van der Waals surface area contributed by atoms with E-state index in [0.29, 0.717) is 21.4 Å². The van der Waals surface area contributed by atoms with E-state index in [1.165, 1.54) is 18.2 Å². The van der Waals surface area contributed by atoms with Gasteiger partial charge in [0.1, 0.15) is 5.58 Å². The number of benzene rings is 3. The molecule has 0 unspecified atom stereocenters. The zero-order valence-electron chi connectivity index (χ0n) is 18.0. The summed E-state index contributed by atoms with van der Waals surface area (Å²) in [6.45, 7) is 7.17. The van der Waals surface area contributed by atoms with Crippen molar-refractivity contribution in [3.8, 4) is 0 Å². The van der Waals surface area contributed by atoms with Gasteiger partial charge in [-0.15, -0.1) is 0 Å². The van der Waals surface area contributed by atoms with Crippen molar-refractivity contribution >= 4 is 43.2 Å². The Balaban J connectivity index is 2.01. The zero-order valence-corrected chi connectivity index (χ0v) is 19.6. The molecule has 0 radical (unpaired) electrons. The number of sulfonamides is 1. The molecule has 1 amide bonds.